The summed E-state index contributed by atoms with van der Waals surface area (Å²) in [6.45, 7) is 5.52. The van der Waals surface area contributed by atoms with Crippen molar-refractivity contribution >= 4 is 11.6 Å². The maximum Gasteiger partial charge on any atom is 0.253 e. The topological polar surface area (TPSA) is 41.6 Å². The largest absolute Gasteiger partial charge is 0.491 e. The van der Waals surface area contributed by atoms with E-state index in [0.29, 0.717) is 12.5 Å². The van der Waals surface area contributed by atoms with Gasteiger partial charge in [0.25, 0.3) is 5.91 Å². The lowest BCUT2D eigenvalue weighted by atomic mass is 10.1. The second kappa shape index (κ2) is 5.73. The van der Waals surface area contributed by atoms with E-state index in [-0.39, 0.29) is 5.91 Å². The van der Waals surface area contributed by atoms with Gasteiger partial charge in [0.2, 0.25) is 0 Å². The number of carbonyl (C=O) groups excluding carboxylic acids is 1. The molecule has 0 radical (unpaired) electrons. The van der Waals surface area contributed by atoms with Gasteiger partial charge in [-0.05, 0) is 37.5 Å². The summed E-state index contributed by atoms with van der Waals surface area (Å²) in [5.74, 6) is 1.41. The molecule has 4 nitrogen and oxygen atoms in total. The van der Waals surface area contributed by atoms with E-state index >= 15 is 0 Å². The highest BCUT2D eigenvalue weighted by Gasteiger charge is 2.20. The molecule has 2 aliphatic heterocycles. The molecule has 1 N–H and O–H groups in total. The number of piperidine rings is 1. The minimum Gasteiger partial charge on any atom is -0.491 e. The molecular formula is C16H22N2O2. The lowest BCUT2D eigenvalue weighted by molar-refractivity contribution is 0.0724. The van der Waals surface area contributed by atoms with Gasteiger partial charge in [-0.3, -0.25) is 4.79 Å². The van der Waals surface area contributed by atoms with E-state index in [1.54, 1.807) is 0 Å². The molecule has 108 valence electrons. The first-order valence-electron chi connectivity index (χ1n) is 7.54. The summed E-state index contributed by atoms with van der Waals surface area (Å²) in [5.41, 5.74) is 1.73. The molecule has 1 aromatic carbocycles. The molecule has 0 aromatic heterocycles. The van der Waals surface area contributed by atoms with Crippen molar-refractivity contribution in [2.45, 2.75) is 26.2 Å². The third kappa shape index (κ3) is 2.74. The Hall–Kier alpha value is -1.71. The highest BCUT2D eigenvalue weighted by Crippen LogP contribution is 2.29. The summed E-state index contributed by atoms with van der Waals surface area (Å²) >= 11 is 0. The van der Waals surface area contributed by atoms with E-state index < -0.39 is 0 Å². The molecule has 2 aliphatic rings. The molecule has 0 unspecified atom stereocenters. The van der Waals surface area contributed by atoms with Crippen LogP contribution in [0.2, 0.25) is 0 Å². The maximum atomic E-state index is 12.5. The van der Waals surface area contributed by atoms with E-state index in [4.69, 9.17) is 4.74 Å². The lowest BCUT2D eigenvalue weighted by Gasteiger charge is -2.27. The Morgan fingerprint density at radius 2 is 2.10 bits per heavy atom. The van der Waals surface area contributed by atoms with Crippen LogP contribution in [0.15, 0.2) is 18.2 Å². The van der Waals surface area contributed by atoms with Crippen molar-refractivity contribution in [1.82, 2.24) is 4.90 Å². The fourth-order valence-corrected chi connectivity index (χ4v) is 2.78. The number of carbonyl (C=O) groups is 1. The van der Waals surface area contributed by atoms with Crippen LogP contribution in [-0.2, 0) is 0 Å². The van der Waals surface area contributed by atoms with Crippen molar-refractivity contribution in [3.8, 4) is 5.75 Å². The highest BCUT2D eigenvalue weighted by molar-refractivity contribution is 5.95. The van der Waals surface area contributed by atoms with Gasteiger partial charge in [0.05, 0.1) is 12.3 Å². The average molecular weight is 274 g/mol. The van der Waals surface area contributed by atoms with Gasteiger partial charge in [-0.25, -0.2) is 0 Å². The second-order valence-electron chi connectivity index (χ2n) is 5.86. The van der Waals surface area contributed by atoms with Crippen LogP contribution >= 0.6 is 0 Å². The van der Waals surface area contributed by atoms with E-state index in [1.165, 1.54) is 6.42 Å². The SMILES string of the molecule is C[C@@H]1CNc2ccc(C(=O)N3CCCCC3)cc2OC1. The summed E-state index contributed by atoms with van der Waals surface area (Å²) in [5, 5.41) is 3.37. The van der Waals surface area contributed by atoms with Gasteiger partial charge >= 0.3 is 0 Å². The molecule has 0 aliphatic carbocycles. The fraction of sp³-hybridized carbons (Fsp3) is 0.562. The van der Waals surface area contributed by atoms with Crippen molar-refractivity contribution in [2.24, 2.45) is 5.92 Å². The van der Waals surface area contributed by atoms with Crippen LogP contribution in [0.25, 0.3) is 0 Å². The van der Waals surface area contributed by atoms with E-state index in [0.717, 1.165) is 49.5 Å². The summed E-state index contributed by atoms with van der Waals surface area (Å²) < 4.78 is 5.81. The minimum absolute atomic E-state index is 0.133. The number of amides is 1. The second-order valence-corrected chi connectivity index (χ2v) is 5.86. The van der Waals surface area contributed by atoms with E-state index in [2.05, 4.69) is 12.2 Å². The quantitative estimate of drug-likeness (QED) is 0.856. The zero-order chi connectivity index (χ0) is 13.9. The number of hydrogen-bond donors (Lipinski definition) is 1. The Bertz CT molecular complexity index is 495. The molecule has 0 spiro atoms. The van der Waals surface area contributed by atoms with Crippen molar-refractivity contribution in [2.75, 3.05) is 31.6 Å². The van der Waals surface area contributed by atoms with Crippen LogP contribution in [0.4, 0.5) is 5.69 Å². The number of likely N-dealkylation sites (tertiary alicyclic amines) is 1. The molecule has 1 amide bonds. The van der Waals surface area contributed by atoms with Crippen LogP contribution in [0.5, 0.6) is 5.75 Å². The zero-order valence-corrected chi connectivity index (χ0v) is 12.0. The van der Waals surface area contributed by atoms with Crippen LogP contribution in [0.1, 0.15) is 36.5 Å². The van der Waals surface area contributed by atoms with Gasteiger partial charge in [0.15, 0.2) is 0 Å². The minimum atomic E-state index is 0.133. The molecule has 1 aromatic rings. The molecule has 1 saturated heterocycles. The monoisotopic (exact) mass is 274 g/mol. The van der Waals surface area contributed by atoms with Gasteiger partial charge < -0.3 is 15.0 Å². The molecule has 0 saturated carbocycles. The fourth-order valence-electron chi connectivity index (χ4n) is 2.78. The van der Waals surface area contributed by atoms with Gasteiger partial charge in [0.1, 0.15) is 5.75 Å². The van der Waals surface area contributed by atoms with Crippen molar-refractivity contribution in [1.29, 1.82) is 0 Å². The van der Waals surface area contributed by atoms with Gasteiger partial charge in [-0.15, -0.1) is 0 Å². The predicted molar refractivity (Wildman–Crippen MR) is 79.3 cm³/mol. The summed E-state index contributed by atoms with van der Waals surface area (Å²) in [7, 11) is 0. The predicted octanol–water partition coefficient (Wildman–Crippen LogP) is 2.75. The van der Waals surface area contributed by atoms with Crippen LogP contribution < -0.4 is 10.1 Å². The first-order chi connectivity index (χ1) is 9.74. The molecule has 1 fully saturated rings. The number of ether oxygens (including phenoxy) is 1. The molecular weight excluding hydrogens is 252 g/mol. The summed E-state index contributed by atoms with van der Waals surface area (Å²) in [6.07, 6.45) is 3.47. The van der Waals surface area contributed by atoms with E-state index in [9.17, 15) is 4.79 Å². The normalized spacial score (nSPS) is 22.2. The number of rotatable bonds is 1. The molecule has 2 heterocycles. The first kappa shape index (κ1) is 13.3. The van der Waals surface area contributed by atoms with Crippen LogP contribution in [-0.4, -0.2) is 37.0 Å². The Kier molecular flexibility index (Phi) is 3.81. The van der Waals surface area contributed by atoms with Crippen LogP contribution in [0.3, 0.4) is 0 Å². The van der Waals surface area contributed by atoms with Crippen molar-refractivity contribution in [3.05, 3.63) is 23.8 Å². The number of nitrogens with one attached hydrogen (secondary N) is 1. The Morgan fingerprint density at radius 3 is 2.90 bits per heavy atom. The third-order valence-corrected chi connectivity index (χ3v) is 4.04. The molecule has 4 heteroatoms. The summed E-state index contributed by atoms with van der Waals surface area (Å²) in [4.78, 5) is 14.4. The Balaban J connectivity index is 1.79. The first-order valence-corrected chi connectivity index (χ1v) is 7.54. The van der Waals surface area contributed by atoms with Gasteiger partial charge in [0, 0.05) is 31.1 Å². The average Bonchev–Trinajstić information content (AvgIpc) is 2.69. The van der Waals surface area contributed by atoms with Crippen molar-refractivity contribution < 1.29 is 9.53 Å². The molecule has 3 rings (SSSR count). The molecule has 1 atom stereocenters. The third-order valence-electron chi connectivity index (χ3n) is 4.04. The smallest absolute Gasteiger partial charge is 0.253 e. The maximum absolute atomic E-state index is 12.5. The number of anilines is 1. The van der Waals surface area contributed by atoms with Gasteiger partial charge in [-0.2, -0.15) is 0 Å². The lowest BCUT2D eigenvalue weighted by Crippen LogP contribution is -2.35. The Morgan fingerprint density at radius 1 is 1.30 bits per heavy atom. The Labute approximate surface area is 120 Å². The van der Waals surface area contributed by atoms with Gasteiger partial charge in [-0.1, -0.05) is 6.92 Å². The van der Waals surface area contributed by atoms with Crippen LogP contribution in [0, 0.1) is 5.92 Å². The highest BCUT2D eigenvalue weighted by atomic mass is 16.5. The number of benzene rings is 1. The standard InChI is InChI=1S/C16H22N2O2/c1-12-10-17-14-6-5-13(9-15(14)20-11-12)16(19)18-7-3-2-4-8-18/h5-6,9,12,17H,2-4,7-8,10-11H2,1H3/t12-/m1/s1. The molecule has 20 heavy (non-hydrogen) atoms. The van der Waals surface area contributed by atoms with E-state index in [1.807, 2.05) is 23.1 Å². The number of hydrogen-bond acceptors (Lipinski definition) is 3. The summed E-state index contributed by atoms with van der Waals surface area (Å²) in [6, 6.07) is 5.75. The van der Waals surface area contributed by atoms with Crippen molar-refractivity contribution in [3.63, 3.8) is 0 Å². The number of nitrogens with zero attached hydrogens (tertiary/aromatic N) is 1. The zero-order valence-electron chi connectivity index (χ0n) is 12.0. The number of fused-ring (bicyclic) bond motifs is 1. The molecule has 0 bridgehead atoms.